The van der Waals surface area contributed by atoms with E-state index in [1.165, 1.54) is 6.33 Å². The Kier molecular flexibility index (Phi) is 5.67. The van der Waals surface area contributed by atoms with Gasteiger partial charge < -0.3 is 9.47 Å². The third-order valence-electron chi connectivity index (χ3n) is 4.56. The van der Waals surface area contributed by atoms with Crippen molar-refractivity contribution in [1.82, 2.24) is 14.8 Å². The van der Waals surface area contributed by atoms with Gasteiger partial charge in [-0.05, 0) is 45.8 Å². The molecule has 0 fully saturated rings. The normalized spacial score (nSPS) is 15.6. The van der Waals surface area contributed by atoms with Crippen molar-refractivity contribution in [1.29, 1.82) is 0 Å². The van der Waals surface area contributed by atoms with Crippen LogP contribution in [0.15, 0.2) is 41.1 Å². The average molecular weight is 498 g/mol. The van der Waals surface area contributed by atoms with Crippen molar-refractivity contribution in [2.24, 2.45) is 0 Å². The summed E-state index contributed by atoms with van der Waals surface area (Å²) in [4.78, 5) is 16.1. The summed E-state index contributed by atoms with van der Waals surface area (Å²) in [6, 6.07) is 8.68. The van der Waals surface area contributed by atoms with Gasteiger partial charge in [0.1, 0.15) is 12.9 Å². The fourth-order valence-corrected chi connectivity index (χ4v) is 4.23. The topological polar surface area (TPSA) is 78.3 Å². The molecule has 3 aromatic rings. The van der Waals surface area contributed by atoms with Gasteiger partial charge in [0.2, 0.25) is 11.9 Å². The molecule has 0 aliphatic carbocycles. The van der Waals surface area contributed by atoms with Gasteiger partial charge in [-0.1, -0.05) is 29.3 Å². The van der Waals surface area contributed by atoms with Crippen LogP contribution in [0.2, 0.25) is 10.0 Å². The molecule has 1 atom stereocenters. The number of fused-ring (bicyclic) bond motifs is 1. The second kappa shape index (κ2) is 8.22. The predicted octanol–water partition coefficient (Wildman–Crippen LogP) is 4.87. The van der Waals surface area contributed by atoms with E-state index in [9.17, 15) is 4.79 Å². The molecule has 10 heteroatoms. The van der Waals surface area contributed by atoms with Crippen LogP contribution in [0.1, 0.15) is 23.6 Å². The number of aromatic nitrogens is 3. The maximum Gasteiger partial charge on any atom is 0.229 e. The molecule has 1 N–H and O–H groups in total. The highest BCUT2D eigenvalue weighted by Crippen LogP contribution is 2.41. The molecule has 1 aromatic heterocycles. The molecule has 0 radical (unpaired) electrons. The van der Waals surface area contributed by atoms with E-state index in [2.05, 4.69) is 31.3 Å². The lowest BCUT2D eigenvalue weighted by molar-refractivity contribution is -0.117. The van der Waals surface area contributed by atoms with Crippen molar-refractivity contribution in [3.8, 4) is 11.5 Å². The van der Waals surface area contributed by atoms with E-state index in [-0.39, 0.29) is 25.0 Å². The van der Waals surface area contributed by atoms with Gasteiger partial charge in [0, 0.05) is 15.6 Å². The summed E-state index contributed by atoms with van der Waals surface area (Å²) in [6.07, 6.45) is 1.65. The number of ether oxygens (including phenoxy) is 2. The number of anilines is 1. The Morgan fingerprint density at radius 3 is 2.79 bits per heavy atom. The lowest BCUT2D eigenvalue weighted by Crippen LogP contribution is -2.29. The first-order valence-corrected chi connectivity index (χ1v) is 10.1. The van der Waals surface area contributed by atoms with Gasteiger partial charge in [-0.3, -0.25) is 10.1 Å². The van der Waals surface area contributed by atoms with Crippen molar-refractivity contribution >= 4 is 51.0 Å². The van der Waals surface area contributed by atoms with E-state index < -0.39 is 0 Å². The average Bonchev–Trinajstić information content (AvgIpc) is 3.15. The van der Waals surface area contributed by atoms with Gasteiger partial charge in [0.15, 0.2) is 11.5 Å². The Labute approximate surface area is 185 Å². The third kappa shape index (κ3) is 3.92. The molecule has 0 bridgehead atoms. The minimum atomic E-state index is -0.307. The molecule has 1 aliphatic heterocycles. The molecule has 1 amide bonds. The third-order valence-corrected chi connectivity index (χ3v) is 5.85. The van der Waals surface area contributed by atoms with Crippen LogP contribution in [0.25, 0.3) is 0 Å². The maximum absolute atomic E-state index is 12.1. The first-order chi connectivity index (χ1) is 14.0. The standard InChI is InChI=1S/C19H15BrCl2N4O3/c1-28-16-6-10(15-7-17(27)25-19-23-9-24-26(15)19)5-12(20)18(16)29-8-11-13(21)3-2-4-14(11)22/h2-6,9,15H,7-8H2,1H3,(H,23,24,25,27)/t15-/m1/s1. The summed E-state index contributed by atoms with van der Waals surface area (Å²) in [5, 5.41) is 7.98. The molecule has 2 aromatic carbocycles. The minimum absolute atomic E-state index is 0.126. The van der Waals surface area contributed by atoms with Crippen molar-refractivity contribution in [2.45, 2.75) is 19.1 Å². The molecular weight excluding hydrogens is 483 g/mol. The SMILES string of the molecule is COc1cc([C@H]2CC(=O)Nc3ncnn32)cc(Br)c1OCc1c(Cl)cccc1Cl. The van der Waals surface area contributed by atoms with Crippen LogP contribution in [0.4, 0.5) is 5.95 Å². The van der Waals surface area contributed by atoms with Crippen molar-refractivity contribution in [2.75, 3.05) is 12.4 Å². The highest BCUT2D eigenvalue weighted by atomic mass is 79.9. The first kappa shape index (κ1) is 20.0. The van der Waals surface area contributed by atoms with Gasteiger partial charge in [0.05, 0.1) is 24.0 Å². The quantitative estimate of drug-likeness (QED) is 0.544. The van der Waals surface area contributed by atoms with Crippen LogP contribution in [0.5, 0.6) is 11.5 Å². The maximum atomic E-state index is 12.1. The predicted molar refractivity (Wildman–Crippen MR) is 113 cm³/mol. The summed E-state index contributed by atoms with van der Waals surface area (Å²) in [5.74, 6) is 1.30. The number of rotatable bonds is 5. The van der Waals surface area contributed by atoms with Gasteiger partial charge in [-0.2, -0.15) is 10.1 Å². The summed E-state index contributed by atoms with van der Waals surface area (Å²) >= 11 is 16.0. The largest absolute Gasteiger partial charge is 0.493 e. The summed E-state index contributed by atoms with van der Waals surface area (Å²) in [6.45, 7) is 0.172. The second-order valence-corrected chi connectivity index (χ2v) is 7.99. The summed E-state index contributed by atoms with van der Waals surface area (Å²) in [5.41, 5.74) is 1.52. The minimum Gasteiger partial charge on any atom is -0.493 e. The van der Waals surface area contributed by atoms with E-state index in [0.717, 1.165) is 5.56 Å². The molecule has 29 heavy (non-hydrogen) atoms. The molecule has 2 heterocycles. The van der Waals surface area contributed by atoms with Crippen LogP contribution in [0.3, 0.4) is 0 Å². The lowest BCUT2D eigenvalue weighted by Gasteiger charge is -2.25. The zero-order valence-corrected chi connectivity index (χ0v) is 18.3. The number of amides is 1. The number of benzene rings is 2. The van der Waals surface area contributed by atoms with Crippen LogP contribution in [-0.2, 0) is 11.4 Å². The Morgan fingerprint density at radius 2 is 2.07 bits per heavy atom. The Hall–Kier alpha value is -2.29. The molecule has 0 spiro atoms. The zero-order valence-electron chi connectivity index (χ0n) is 15.2. The van der Waals surface area contributed by atoms with Crippen molar-refractivity contribution < 1.29 is 14.3 Å². The Bertz CT molecular complexity index is 1070. The number of hydrogen-bond donors (Lipinski definition) is 1. The highest BCUT2D eigenvalue weighted by Gasteiger charge is 2.29. The van der Waals surface area contributed by atoms with E-state index in [1.807, 2.05) is 12.1 Å². The van der Waals surface area contributed by atoms with E-state index >= 15 is 0 Å². The zero-order chi connectivity index (χ0) is 20.5. The fraction of sp³-hybridized carbons (Fsp3) is 0.211. The highest BCUT2D eigenvalue weighted by molar-refractivity contribution is 9.10. The number of halogens is 3. The monoisotopic (exact) mass is 496 g/mol. The van der Waals surface area contributed by atoms with Crippen LogP contribution in [-0.4, -0.2) is 27.8 Å². The van der Waals surface area contributed by atoms with E-state index in [0.29, 0.717) is 37.5 Å². The fourth-order valence-electron chi connectivity index (χ4n) is 3.15. The van der Waals surface area contributed by atoms with Crippen molar-refractivity contribution in [3.05, 3.63) is 62.3 Å². The number of nitrogens with one attached hydrogen (secondary N) is 1. The molecule has 0 saturated heterocycles. The van der Waals surface area contributed by atoms with Crippen molar-refractivity contribution in [3.63, 3.8) is 0 Å². The van der Waals surface area contributed by atoms with Gasteiger partial charge in [-0.15, -0.1) is 0 Å². The Morgan fingerprint density at radius 1 is 1.31 bits per heavy atom. The second-order valence-electron chi connectivity index (χ2n) is 6.32. The molecule has 0 saturated carbocycles. The molecule has 4 rings (SSSR count). The number of carbonyl (C=O) groups is 1. The van der Waals surface area contributed by atoms with Crippen LogP contribution < -0.4 is 14.8 Å². The summed E-state index contributed by atoms with van der Waals surface area (Å²) in [7, 11) is 1.55. The van der Waals surface area contributed by atoms with Gasteiger partial charge in [-0.25, -0.2) is 4.68 Å². The van der Waals surface area contributed by atoms with E-state index in [1.54, 1.807) is 30.0 Å². The molecule has 7 nitrogen and oxygen atoms in total. The summed E-state index contributed by atoms with van der Waals surface area (Å²) < 4.78 is 13.8. The number of nitrogens with zero attached hydrogens (tertiary/aromatic N) is 3. The van der Waals surface area contributed by atoms with Gasteiger partial charge >= 0.3 is 0 Å². The molecule has 1 aliphatic rings. The van der Waals surface area contributed by atoms with E-state index in [4.69, 9.17) is 32.7 Å². The first-order valence-electron chi connectivity index (χ1n) is 8.60. The number of hydrogen-bond acceptors (Lipinski definition) is 5. The molecule has 0 unspecified atom stereocenters. The van der Waals surface area contributed by atoms with Crippen LogP contribution in [0, 0.1) is 0 Å². The molecule has 150 valence electrons. The number of carbonyl (C=O) groups excluding carboxylic acids is 1. The van der Waals surface area contributed by atoms with Gasteiger partial charge in [0.25, 0.3) is 0 Å². The number of methoxy groups -OCH3 is 1. The molecular formula is C19H15BrCl2N4O3. The lowest BCUT2D eigenvalue weighted by atomic mass is 10.0. The smallest absolute Gasteiger partial charge is 0.229 e. The van der Waals surface area contributed by atoms with Crippen LogP contribution >= 0.6 is 39.1 Å². The Balaban J connectivity index is 1.66.